The highest BCUT2D eigenvalue weighted by Gasteiger charge is 2.20. The van der Waals surface area contributed by atoms with Crippen LogP contribution in [0.5, 0.6) is 0 Å². The fourth-order valence-electron chi connectivity index (χ4n) is 2.67. The Kier molecular flexibility index (Phi) is 6.41. The third-order valence-corrected chi connectivity index (χ3v) is 4.54. The van der Waals surface area contributed by atoms with Gasteiger partial charge >= 0.3 is 11.8 Å². The number of benzene rings is 2. The van der Waals surface area contributed by atoms with E-state index in [4.69, 9.17) is 23.2 Å². The molecule has 0 aliphatic carbocycles. The lowest BCUT2D eigenvalue weighted by molar-refractivity contribution is -0.136. The number of fused-ring (bicyclic) bond motifs is 1. The van der Waals surface area contributed by atoms with Crippen LogP contribution in [0.3, 0.4) is 0 Å². The molecule has 3 N–H and O–H groups in total. The largest absolute Gasteiger partial charge is 0.348 e. The van der Waals surface area contributed by atoms with Crippen molar-refractivity contribution in [1.82, 2.24) is 9.99 Å². The van der Waals surface area contributed by atoms with Gasteiger partial charge in [0.2, 0.25) is 0 Å². The summed E-state index contributed by atoms with van der Waals surface area (Å²) in [6.07, 6.45) is 0.693. The summed E-state index contributed by atoms with van der Waals surface area (Å²) >= 11 is 11.9. The van der Waals surface area contributed by atoms with Gasteiger partial charge in [0, 0.05) is 27.7 Å². The quantitative estimate of drug-likeness (QED) is 0.535. The number of rotatable bonds is 5. The van der Waals surface area contributed by atoms with E-state index in [0.29, 0.717) is 39.6 Å². The Morgan fingerprint density at radius 3 is 2.31 bits per heavy atom. The summed E-state index contributed by atoms with van der Waals surface area (Å²) in [5.41, 5.74) is 3.66. The number of amides is 3. The summed E-state index contributed by atoms with van der Waals surface area (Å²) in [6, 6.07) is 13.1. The Hall–Kier alpha value is -3.03. The molecule has 2 aromatic carbocycles. The van der Waals surface area contributed by atoms with Gasteiger partial charge in [-0.2, -0.15) is 0 Å². The van der Waals surface area contributed by atoms with E-state index < -0.39 is 17.7 Å². The molecule has 1 heterocycles. The van der Waals surface area contributed by atoms with Gasteiger partial charge in [-0.3, -0.25) is 19.8 Å². The lowest BCUT2D eigenvalue weighted by atomic mass is 10.2. The van der Waals surface area contributed by atoms with Gasteiger partial charge in [0.15, 0.2) is 0 Å². The number of hydrogen-bond donors (Lipinski definition) is 3. The average molecular weight is 433 g/mol. The number of halogens is 2. The van der Waals surface area contributed by atoms with E-state index in [-0.39, 0.29) is 5.69 Å². The van der Waals surface area contributed by atoms with E-state index in [2.05, 4.69) is 16.1 Å². The normalized spacial score (nSPS) is 10.6. The van der Waals surface area contributed by atoms with Gasteiger partial charge in [-0.15, -0.1) is 0 Å². The topological polar surface area (TPSA) is 92.2 Å². The van der Waals surface area contributed by atoms with Crippen molar-refractivity contribution in [2.24, 2.45) is 0 Å². The number of carbonyl (C=O) groups excluding carboxylic acids is 3. The third-order valence-electron chi connectivity index (χ3n) is 4.05. The number of carbonyl (C=O) groups is 3. The molecule has 0 saturated carbocycles. The molecule has 3 rings (SSSR count). The molecule has 0 fully saturated rings. The number of nitrogens with zero attached hydrogens (tertiary/aromatic N) is 1. The van der Waals surface area contributed by atoms with Crippen molar-refractivity contribution < 1.29 is 14.4 Å². The second-order valence-corrected chi connectivity index (χ2v) is 7.10. The number of anilines is 1. The number of hydrogen-bond acceptors (Lipinski definition) is 3. The van der Waals surface area contributed by atoms with Crippen LogP contribution in [0.2, 0.25) is 10.0 Å². The van der Waals surface area contributed by atoms with Crippen molar-refractivity contribution in [3.63, 3.8) is 0 Å². The van der Waals surface area contributed by atoms with Crippen molar-refractivity contribution in [3.8, 4) is 0 Å². The number of aromatic nitrogens is 1. The predicted molar refractivity (Wildman–Crippen MR) is 114 cm³/mol. The first-order valence-corrected chi connectivity index (χ1v) is 9.61. The molecule has 9 heteroatoms. The van der Waals surface area contributed by atoms with Gasteiger partial charge in [0.1, 0.15) is 5.69 Å². The van der Waals surface area contributed by atoms with E-state index in [1.165, 1.54) is 4.68 Å². The smallest absolute Gasteiger partial charge is 0.328 e. The van der Waals surface area contributed by atoms with E-state index in [1.807, 2.05) is 6.92 Å². The zero-order valence-electron chi connectivity index (χ0n) is 15.5. The standard InChI is InChI=1S/C20H18Cl2N4O3/c1-2-9-23-19(28)20(29)25-26-16-8-5-14(22)10-12(16)11-17(26)18(27)24-15-6-3-13(21)4-7-15/h3-8,10-11H,2,9H2,1H3,(H,23,28)(H,24,27)(H,25,29). The fraction of sp³-hybridized carbons (Fsp3) is 0.150. The van der Waals surface area contributed by atoms with Crippen LogP contribution in [-0.4, -0.2) is 28.9 Å². The molecular formula is C20H18Cl2N4O3. The molecule has 3 aromatic rings. The Morgan fingerprint density at radius 1 is 0.931 bits per heavy atom. The summed E-state index contributed by atoms with van der Waals surface area (Å²) in [5, 5.41) is 6.88. The number of nitrogens with one attached hydrogen (secondary N) is 3. The van der Waals surface area contributed by atoms with Gasteiger partial charge in [0.25, 0.3) is 5.91 Å². The van der Waals surface area contributed by atoms with Crippen molar-refractivity contribution in [1.29, 1.82) is 0 Å². The lowest BCUT2D eigenvalue weighted by Crippen LogP contribution is -2.40. The first-order valence-electron chi connectivity index (χ1n) is 8.86. The summed E-state index contributed by atoms with van der Waals surface area (Å²) in [4.78, 5) is 37.1. The van der Waals surface area contributed by atoms with Crippen LogP contribution in [0.25, 0.3) is 10.9 Å². The first-order chi connectivity index (χ1) is 13.9. The SMILES string of the molecule is CCCNC(=O)C(=O)Nn1c(C(=O)Nc2ccc(Cl)cc2)cc2cc(Cl)ccc21. The molecule has 0 bridgehead atoms. The van der Waals surface area contributed by atoms with Crippen LogP contribution in [0.1, 0.15) is 23.8 Å². The van der Waals surface area contributed by atoms with Crippen LogP contribution in [-0.2, 0) is 9.59 Å². The van der Waals surface area contributed by atoms with E-state index >= 15 is 0 Å². The van der Waals surface area contributed by atoms with Crippen LogP contribution in [0, 0.1) is 0 Å². The highest BCUT2D eigenvalue weighted by atomic mass is 35.5. The van der Waals surface area contributed by atoms with E-state index in [1.54, 1.807) is 48.5 Å². The maximum absolute atomic E-state index is 12.8. The Morgan fingerprint density at radius 2 is 1.62 bits per heavy atom. The highest BCUT2D eigenvalue weighted by Crippen LogP contribution is 2.24. The minimum absolute atomic E-state index is 0.133. The molecule has 0 unspecified atom stereocenters. The van der Waals surface area contributed by atoms with Crippen LogP contribution in [0.15, 0.2) is 48.5 Å². The molecule has 3 amide bonds. The summed E-state index contributed by atoms with van der Waals surface area (Å²) in [5.74, 6) is -2.15. The maximum Gasteiger partial charge on any atom is 0.328 e. The van der Waals surface area contributed by atoms with Crippen LogP contribution < -0.4 is 16.1 Å². The van der Waals surface area contributed by atoms with Crippen molar-refractivity contribution in [2.45, 2.75) is 13.3 Å². The van der Waals surface area contributed by atoms with E-state index in [9.17, 15) is 14.4 Å². The molecule has 0 aliphatic rings. The lowest BCUT2D eigenvalue weighted by Gasteiger charge is -2.12. The molecule has 0 spiro atoms. The van der Waals surface area contributed by atoms with Crippen molar-refractivity contribution in [2.75, 3.05) is 17.3 Å². The Labute approximate surface area is 176 Å². The monoisotopic (exact) mass is 432 g/mol. The van der Waals surface area contributed by atoms with Crippen molar-refractivity contribution >= 4 is 57.5 Å². The highest BCUT2D eigenvalue weighted by molar-refractivity contribution is 6.38. The first kappa shape index (κ1) is 20.7. The molecule has 7 nitrogen and oxygen atoms in total. The maximum atomic E-state index is 12.8. The molecule has 29 heavy (non-hydrogen) atoms. The minimum atomic E-state index is -0.883. The van der Waals surface area contributed by atoms with Crippen LogP contribution in [0.4, 0.5) is 5.69 Å². The van der Waals surface area contributed by atoms with Crippen LogP contribution >= 0.6 is 23.2 Å². The zero-order valence-corrected chi connectivity index (χ0v) is 17.0. The predicted octanol–water partition coefficient (Wildman–Crippen LogP) is 3.80. The summed E-state index contributed by atoms with van der Waals surface area (Å²) in [6.45, 7) is 2.25. The molecule has 0 saturated heterocycles. The summed E-state index contributed by atoms with van der Waals surface area (Å²) in [7, 11) is 0. The van der Waals surface area contributed by atoms with Gasteiger partial charge in [-0.25, -0.2) is 4.68 Å². The molecule has 0 atom stereocenters. The molecular weight excluding hydrogens is 415 g/mol. The minimum Gasteiger partial charge on any atom is -0.348 e. The van der Waals surface area contributed by atoms with Crippen molar-refractivity contribution in [3.05, 3.63) is 64.3 Å². The van der Waals surface area contributed by atoms with E-state index in [0.717, 1.165) is 0 Å². The summed E-state index contributed by atoms with van der Waals surface area (Å²) < 4.78 is 1.27. The Balaban J connectivity index is 1.94. The van der Waals surface area contributed by atoms with Gasteiger partial charge in [0.05, 0.1) is 5.52 Å². The second-order valence-electron chi connectivity index (χ2n) is 6.23. The molecule has 150 valence electrons. The second kappa shape index (κ2) is 8.98. The zero-order chi connectivity index (χ0) is 21.0. The average Bonchev–Trinajstić information content (AvgIpc) is 3.05. The third kappa shape index (κ3) is 4.88. The fourth-order valence-corrected chi connectivity index (χ4v) is 2.98. The van der Waals surface area contributed by atoms with Gasteiger partial charge < -0.3 is 10.6 Å². The molecule has 1 aromatic heterocycles. The van der Waals surface area contributed by atoms with Gasteiger partial charge in [-0.05, 0) is 55.0 Å². The van der Waals surface area contributed by atoms with Gasteiger partial charge in [-0.1, -0.05) is 30.1 Å². The Bertz CT molecular complexity index is 1080. The molecule has 0 radical (unpaired) electrons. The molecule has 0 aliphatic heterocycles.